The summed E-state index contributed by atoms with van der Waals surface area (Å²) >= 11 is 0. The van der Waals surface area contributed by atoms with E-state index in [0.29, 0.717) is 18.6 Å². The highest BCUT2D eigenvalue weighted by molar-refractivity contribution is 5.42. The first-order valence-corrected chi connectivity index (χ1v) is 7.35. The van der Waals surface area contributed by atoms with Crippen molar-refractivity contribution < 1.29 is 4.39 Å². The molecule has 1 aromatic carbocycles. The summed E-state index contributed by atoms with van der Waals surface area (Å²) in [7, 11) is 0. The fourth-order valence-electron chi connectivity index (χ4n) is 2.93. The third-order valence-corrected chi connectivity index (χ3v) is 4.13. The van der Waals surface area contributed by atoms with Crippen molar-refractivity contribution in [3.05, 3.63) is 35.1 Å². The summed E-state index contributed by atoms with van der Waals surface area (Å²) in [5, 5.41) is 0. The lowest BCUT2D eigenvalue weighted by molar-refractivity contribution is 0.0952. The molecule has 1 aliphatic rings. The van der Waals surface area contributed by atoms with Crippen molar-refractivity contribution >= 4 is 0 Å². The van der Waals surface area contributed by atoms with Crippen LogP contribution in [0.1, 0.15) is 44.2 Å². The van der Waals surface area contributed by atoms with Crippen molar-refractivity contribution in [3.8, 4) is 11.8 Å². The lowest BCUT2D eigenvalue weighted by atomic mass is 9.96. The summed E-state index contributed by atoms with van der Waals surface area (Å²) in [6, 6.07) is 6.02. The standard InChI is InChI=1S/C17H23FN2/c1-13-5-3-6-14(2)20(13)12-16-8-9-17(18)11-15(16)7-4-10-19/h8-9,11,13-14H,3,5-6,10,12,19H2,1-2H3/t13-,14+. The topological polar surface area (TPSA) is 29.3 Å². The minimum atomic E-state index is -0.241. The lowest BCUT2D eigenvalue weighted by Crippen LogP contribution is -2.43. The van der Waals surface area contributed by atoms with E-state index in [0.717, 1.165) is 17.7 Å². The summed E-state index contributed by atoms with van der Waals surface area (Å²) in [4.78, 5) is 2.49. The van der Waals surface area contributed by atoms with Crippen LogP contribution in [0.15, 0.2) is 18.2 Å². The van der Waals surface area contributed by atoms with Crippen LogP contribution < -0.4 is 5.73 Å². The highest BCUT2D eigenvalue weighted by Crippen LogP contribution is 2.25. The van der Waals surface area contributed by atoms with Crippen LogP contribution in [0.5, 0.6) is 0 Å². The largest absolute Gasteiger partial charge is 0.320 e. The molecule has 0 bridgehead atoms. The van der Waals surface area contributed by atoms with E-state index in [9.17, 15) is 4.39 Å². The molecule has 0 spiro atoms. The SMILES string of the molecule is C[C@@H]1CCC[C@H](C)N1Cc1ccc(F)cc1C#CCN. The monoisotopic (exact) mass is 274 g/mol. The molecule has 1 aromatic rings. The molecule has 0 amide bonds. The Kier molecular flexibility index (Phi) is 5.17. The Bertz CT molecular complexity index is 505. The van der Waals surface area contributed by atoms with Gasteiger partial charge in [-0.15, -0.1) is 0 Å². The van der Waals surface area contributed by atoms with E-state index < -0.39 is 0 Å². The Balaban J connectivity index is 2.23. The van der Waals surface area contributed by atoms with Gasteiger partial charge in [0.25, 0.3) is 0 Å². The molecule has 1 fully saturated rings. The predicted molar refractivity (Wildman–Crippen MR) is 80.7 cm³/mol. The summed E-state index contributed by atoms with van der Waals surface area (Å²) < 4.78 is 13.4. The Labute approximate surface area is 121 Å². The van der Waals surface area contributed by atoms with E-state index in [1.807, 2.05) is 6.07 Å². The summed E-state index contributed by atoms with van der Waals surface area (Å²) in [5.74, 6) is 5.57. The number of nitrogens with two attached hydrogens (primary N) is 1. The van der Waals surface area contributed by atoms with Crippen molar-refractivity contribution in [3.63, 3.8) is 0 Å². The first-order valence-electron chi connectivity index (χ1n) is 7.35. The van der Waals surface area contributed by atoms with E-state index in [1.54, 1.807) is 0 Å². The Morgan fingerprint density at radius 1 is 1.30 bits per heavy atom. The van der Waals surface area contributed by atoms with Crippen LogP contribution in [-0.4, -0.2) is 23.5 Å². The summed E-state index contributed by atoms with van der Waals surface area (Å²) in [6.45, 7) is 5.67. The second kappa shape index (κ2) is 6.88. The third-order valence-electron chi connectivity index (χ3n) is 4.13. The number of benzene rings is 1. The van der Waals surface area contributed by atoms with Crippen molar-refractivity contribution in [1.82, 2.24) is 4.90 Å². The van der Waals surface area contributed by atoms with Gasteiger partial charge in [0.05, 0.1) is 6.54 Å². The smallest absolute Gasteiger partial charge is 0.124 e. The van der Waals surface area contributed by atoms with Gasteiger partial charge in [-0.2, -0.15) is 0 Å². The average molecular weight is 274 g/mol. The first kappa shape index (κ1) is 15.0. The van der Waals surface area contributed by atoms with Crippen molar-refractivity contribution in [2.75, 3.05) is 6.54 Å². The third kappa shape index (κ3) is 3.59. The van der Waals surface area contributed by atoms with Crippen LogP contribution in [-0.2, 0) is 6.54 Å². The van der Waals surface area contributed by atoms with Gasteiger partial charge in [-0.1, -0.05) is 24.3 Å². The zero-order chi connectivity index (χ0) is 14.5. The van der Waals surface area contributed by atoms with Crippen molar-refractivity contribution in [1.29, 1.82) is 0 Å². The molecule has 20 heavy (non-hydrogen) atoms. The summed E-state index contributed by atoms with van der Waals surface area (Å²) in [5.41, 5.74) is 7.27. The molecule has 0 aliphatic carbocycles. The normalized spacial score (nSPS) is 23.2. The van der Waals surface area contributed by atoms with E-state index in [-0.39, 0.29) is 5.82 Å². The minimum Gasteiger partial charge on any atom is -0.320 e. The average Bonchev–Trinajstić information content (AvgIpc) is 2.42. The van der Waals surface area contributed by atoms with Crippen LogP contribution in [0.25, 0.3) is 0 Å². The van der Waals surface area contributed by atoms with E-state index in [1.165, 1.54) is 31.4 Å². The number of likely N-dealkylation sites (tertiary alicyclic amines) is 1. The van der Waals surface area contributed by atoms with Gasteiger partial charge in [0.2, 0.25) is 0 Å². The minimum absolute atomic E-state index is 0.241. The van der Waals surface area contributed by atoms with Crippen LogP contribution in [0.2, 0.25) is 0 Å². The second-order valence-electron chi connectivity index (χ2n) is 5.61. The molecule has 0 unspecified atom stereocenters. The zero-order valence-electron chi connectivity index (χ0n) is 12.3. The Hall–Kier alpha value is -1.37. The fourth-order valence-corrected chi connectivity index (χ4v) is 2.93. The van der Waals surface area contributed by atoms with E-state index in [2.05, 4.69) is 30.6 Å². The molecule has 2 nitrogen and oxygen atoms in total. The van der Waals surface area contributed by atoms with Gasteiger partial charge in [-0.3, -0.25) is 4.90 Å². The maximum atomic E-state index is 13.4. The zero-order valence-corrected chi connectivity index (χ0v) is 12.3. The molecule has 0 radical (unpaired) electrons. The molecule has 1 saturated heterocycles. The molecule has 1 aliphatic heterocycles. The highest BCUT2D eigenvalue weighted by atomic mass is 19.1. The quantitative estimate of drug-likeness (QED) is 0.840. The second-order valence-corrected chi connectivity index (χ2v) is 5.61. The van der Waals surface area contributed by atoms with E-state index >= 15 is 0 Å². The van der Waals surface area contributed by atoms with Gasteiger partial charge in [-0.25, -0.2) is 4.39 Å². The Morgan fingerprint density at radius 3 is 2.65 bits per heavy atom. The number of halogens is 1. The lowest BCUT2D eigenvalue weighted by Gasteiger charge is -2.39. The van der Waals surface area contributed by atoms with Crippen LogP contribution in [0.4, 0.5) is 4.39 Å². The Morgan fingerprint density at radius 2 is 2.00 bits per heavy atom. The molecule has 3 heteroatoms. The molecule has 0 aromatic heterocycles. The molecular formula is C17H23FN2. The van der Waals surface area contributed by atoms with Crippen molar-refractivity contribution in [2.24, 2.45) is 5.73 Å². The number of hydrogen-bond acceptors (Lipinski definition) is 2. The molecule has 2 rings (SSSR count). The number of hydrogen-bond donors (Lipinski definition) is 1. The van der Waals surface area contributed by atoms with Gasteiger partial charge in [-0.05, 0) is 44.4 Å². The molecule has 0 saturated carbocycles. The molecule has 108 valence electrons. The van der Waals surface area contributed by atoms with Gasteiger partial charge in [0, 0.05) is 24.2 Å². The molecule has 2 atom stereocenters. The number of piperidine rings is 1. The highest BCUT2D eigenvalue weighted by Gasteiger charge is 2.25. The first-order chi connectivity index (χ1) is 9.61. The molecule has 2 N–H and O–H groups in total. The van der Waals surface area contributed by atoms with Crippen molar-refractivity contribution in [2.45, 2.75) is 51.7 Å². The maximum Gasteiger partial charge on any atom is 0.124 e. The van der Waals surface area contributed by atoms with Gasteiger partial charge in [0.15, 0.2) is 0 Å². The molecule has 1 heterocycles. The van der Waals surface area contributed by atoms with Crippen LogP contribution in [0, 0.1) is 17.7 Å². The van der Waals surface area contributed by atoms with Crippen LogP contribution in [0.3, 0.4) is 0 Å². The van der Waals surface area contributed by atoms with E-state index in [4.69, 9.17) is 5.73 Å². The van der Waals surface area contributed by atoms with Crippen LogP contribution >= 0.6 is 0 Å². The predicted octanol–water partition coefficient (Wildman–Crippen LogP) is 2.90. The van der Waals surface area contributed by atoms with Gasteiger partial charge >= 0.3 is 0 Å². The number of nitrogens with zero attached hydrogens (tertiary/aromatic N) is 1. The maximum absolute atomic E-state index is 13.4. The number of rotatable bonds is 2. The fraction of sp³-hybridized carbons (Fsp3) is 0.529. The van der Waals surface area contributed by atoms with Gasteiger partial charge < -0.3 is 5.73 Å². The molecular weight excluding hydrogens is 251 g/mol. The van der Waals surface area contributed by atoms with Gasteiger partial charge in [0.1, 0.15) is 5.82 Å². The summed E-state index contributed by atoms with van der Waals surface area (Å²) in [6.07, 6.45) is 3.76.